The molecule has 1 aliphatic rings. The zero-order valence-electron chi connectivity index (χ0n) is 11.4. The monoisotopic (exact) mass is 336 g/mol. The van der Waals surface area contributed by atoms with Gasteiger partial charge in [-0.3, -0.25) is 0 Å². The molecule has 0 bridgehead atoms. The molecule has 5 heteroatoms. The summed E-state index contributed by atoms with van der Waals surface area (Å²) in [6, 6.07) is 2.65. The second-order valence-electron chi connectivity index (χ2n) is 4.96. The molecule has 0 spiro atoms. The van der Waals surface area contributed by atoms with Gasteiger partial charge in [-0.05, 0) is 37.5 Å². The largest absolute Gasteiger partial charge is 3.00 e. The van der Waals surface area contributed by atoms with Crippen LogP contribution in [0, 0.1) is 13.0 Å². The first kappa shape index (κ1) is 16.2. The van der Waals surface area contributed by atoms with Gasteiger partial charge in [0.1, 0.15) is 5.60 Å². The van der Waals surface area contributed by atoms with Crippen molar-refractivity contribution >= 4 is 12.0 Å². The molecule has 0 saturated heterocycles. The van der Waals surface area contributed by atoms with Crippen molar-refractivity contribution in [1.29, 1.82) is 0 Å². The van der Waals surface area contributed by atoms with Gasteiger partial charge in [-0.25, -0.2) is 0 Å². The minimum absolute atomic E-state index is 0. The molecular weight excluding hydrogens is 321 g/mol. The Morgan fingerprint density at radius 3 is 2.47 bits per heavy atom. The molecule has 0 unspecified atom stereocenters. The molecule has 2 N–H and O–H groups in total. The van der Waals surface area contributed by atoms with Crippen LogP contribution >= 0.6 is 0 Å². The van der Waals surface area contributed by atoms with E-state index in [-0.39, 0.29) is 44.0 Å². The van der Waals surface area contributed by atoms with E-state index in [1.807, 2.05) is 20.8 Å². The maximum Gasteiger partial charge on any atom is 3.00 e. The summed E-state index contributed by atoms with van der Waals surface area (Å²) in [5, 5.41) is 19.0. The van der Waals surface area contributed by atoms with E-state index in [1.165, 1.54) is 0 Å². The molecule has 1 aromatic carbocycles. The number of phenols is 1. The fraction of sp³-hybridized carbons (Fsp3) is 0.357. The van der Waals surface area contributed by atoms with Crippen molar-refractivity contribution in [3.8, 4) is 11.5 Å². The molecule has 0 aromatic heterocycles. The summed E-state index contributed by atoms with van der Waals surface area (Å²) >= 11 is 0. The molecule has 2 rings (SSSR count). The maximum absolute atomic E-state index is 11.0. The van der Waals surface area contributed by atoms with Crippen LogP contribution in [0.1, 0.15) is 42.3 Å². The molecule has 19 heavy (non-hydrogen) atoms. The number of ether oxygens (including phenoxy) is 1. The Morgan fingerprint density at radius 1 is 1.37 bits per heavy atom. The Labute approximate surface area is 137 Å². The maximum atomic E-state index is 11.0. The molecular formula is C14H15O4Y+2. The van der Waals surface area contributed by atoms with E-state index in [0.717, 1.165) is 5.57 Å². The fourth-order valence-corrected chi connectivity index (χ4v) is 1.89. The number of carbonyl (C=O) groups is 1. The van der Waals surface area contributed by atoms with E-state index in [1.54, 1.807) is 13.0 Å². The topological polar surface area (TPSA) is 66.8 Å². The van der Waals surface area contributed by atoms with Crippen LogP contribution in [0.25, 0.3) is 6.08 Å². The average molecular weight is 336 g/mol. The first-order valence-corrected chi connectivity index (χ1v) is 5.64. The number of carboxylic acids is 1. The average Bonchev–Trinajstić information content (AvgIpc) is 2.25. The van der Waals surface area contributed by atoms with Crippen molar-refractivity contribution in [3.05, 3.63) is 28.3 Å². The van der Waals surface area contributed by atoms with E-state index < -0.39 is 11.6 Å². The standard InChI is InChI=1S/C14H15O4.Y/c1-7-5-10(13(16)17)11(15)9-6-8(2)14(3,4)18-12(7)9;/h6,15H,1-4H3,(H,16,17);/q-1;+3. The van der Waals surface area contributed by atoms with Gasteiger partial charge >= 0.3 is 32.7 Å². The molecule has 0 saturated carbocycles. The van der Waals surface area contributed by atoms with Gasteiger partial charge in [-0.15, -0.1) is 6.07 Å². The van der Waals surface area contributed by atoms with E-state index in [2.05, 4.69) is 6.07 Å². The quantitative estimate of drug-likeness (QED) is 0.774. The second kappa shape index (κ2) is 5.25. The minimum Gasteiger partial charge on any atom is -0.551 e. The molecule has 0 aliphatic carbocycles. The summed E-state index contributed by atoms with van der Waals surface area (Å²) in [4.78, 5) is 11.0. The molecule has 0 fully saturated rings. The Morgan fingerprint density at radius 2 is 1.95 bits per heavy atom. The summed E-state index contributed by atoms with van der Waals surface area (Å²) in [6.07, 6.45) is 1.77. The Bertz CT molecular complexity index is 573. The third-order valence-corrected chi connectivity index (χ3v) is 3.27. The second-order valence-corrected chi connectivity index (χ2v) is 4.96. The van der Waals surface area contributed by atoms with Gasteiger partial charge < -0.3 is 19.7 Å². The van der Waals surface area contributed by atoms with Crippen molar-refractivity contribution in [2.75, 3.05) is 0 Å². The predicted molar refractivity (Wildman–Crippen MR) is 67.0 cm³/mol. The predicted octanol–water partition coefficient (Wildman–Crippen LogP) is 2.77. The van der Waals surface area contributed by atoms with Crippen molar-refractivity contribution in [2.24, 2.45) is 0 Å². The van der Waals surface area contributed by atoms with Crippen LogP contribution in [0.15, 0.2) is 5.57 Å². The summed E-state index contributed by atoms with van der Waals surface area (Å²) in [5.74, 6) is -1.000. The van der Waals surface area contributed by atoms with Gasteiger partial charge in [0.2, 0.25) is 0 Å². The molecule has 1 heterocycles. The molecule has 4 nitrogen and oxygen atoms in total. The third-order valence-electron chi connectivity index (χ3n) is 3.27. The number of carboxylic acid groups (broad SMARTS) is 1. The Hall–Kier alpha value is -0.866. The number of aryl methyl sites for hydroxylation is 1. The van der Waals surface area contributed by atoms with Crippen molar-refractivity contribution in [2.45, 2.75) is 33.3 Å². The summed E-state index contributed by atoms with van der Waals surface area (Å²) in [5.41, 5.74) is 1.23. The Balaban J connectivity index is 0.00000180. The van der Waals surface area contributed by atoms with Gasteiger partial charge in [0.25, 0.3) is 5.97 Å². The minimum atomic E-state index is -1.20. The number of aromatic hydroxyl groups is 1. The van der Waals surface area contributed by atoms with E-state index in [0.29, 0.717) is 16.9 Å². The number of fused-ring (bicyclic) bond motifs is 1. The Kier molecular flexibility index (Phi) is 4.48. The number of rotatable bonds is 1. The van der Waals surface area contributed by atoms with Crippen molar-refractivity contribution in [3.63, 3.8) is 0 Å². The van der Waals surface area contributed by atoms with Crippen molar-refractivity contribution < 1.29 is 52.5 Å². The van der Waals surface area contributed by atoms with Crippen LogP contribution in [0.2, 0.25) is 0 Å². The number of hydrogen-bond donors (Lipinski definition) is 2. The van der Waals surface area contributed by atoms with Crippen LogP contribution in [-0.2, 0) is 32.7 Å². The molecule has 1 aromatic rings. The van der Waals surface area contributed by atoms with Crippen molar-refractivity contribution in [1.82, 2.24) is 0 Å². The van der Waals surface area contributed by atoms with E-state index in [4.69, 9.17) is 9.84 Å². The summed E-state index contributed by atoms with van der Waals surface area (Å²) in [6.45, 7) is 7.44. The van der Waals surface area contributed by atoms with Crippen LogP contribution in [0.4, 0.5) is 0 Å². The van der Waals surface area contributed by atoms with E-state index in [9.17, 15) is 9.90 Å². The molecule has 0 amide bonds. The number of benzene rings is 1. The SMILES string of the molecule is CC1=Cc2c(O)c(C(=O)O)[c-]c(C)c2OC1(C)C.[Y+3]. The fourth-order valence-electron chi connectivity index (χ4n) is 1.89. The van der Waals surface area contributed by atoms with Gasteiger partial charge in [0.15, 0.2) is 0 Å². The number of hydrogen-bond acceptors (Lipinski definition) is 3. The first-order valence-electron chi connectivity index (χ1n) is 5.64. The van der Waals surface area contributed by atoms with E-state index >= 15 is 0 Å². The van der Waals surface area contributed by atoms with Gasteiger partial charge in [0, 0.05) is 5.75 Å². The van der Waals surface area contributed by atoms with Crippen LogP contribution in [0.5, 0.6) is 11.5 Å². The normalized spacial score (nSPS) is 15.7. The molecule has 1 aliphatic heterocycles. The summed E-state index contributed by atoms with van der Waals surface area (Å²) in [7, 11) is 0. The first-order chi connectivity index (χ1) is 8.24. The van der Waals surface area contributed by atoms with Gasteiger partial charge in [0.05, 0.1) is 5.75 Å². The smallest absolute Gasteiger partial charge is 0.551 e. The summed E-state index contributed by atoms with van der Waals surface area (Å²) < 4.78 is 5.83. The van der Waals surface area contributed by atoms with Crippen LogP contribution in [-0.4, -0.2) is 21.8 Å². The van der Waals surface area contributed by atoms with Crippen LogP contribution < -0.4 is 4.74 Å². The molecule has 0 radical (unpaired) electrons. The zero-order valence-corrected chi connectivity index (χ0v) is 14.2. The van der Waals surface area contributed by atoms with Gasteiger partial charge in [-0.2, -0.15) is 0 Å². The zero-order chi connectivity index (χ0) is 13.7. The number of aromatic carboxylic acids is 1. The molecule has 0 atom stereocenters. The molecule has 96 valence electrons. The van der Waals surface area contributed by atoms with Gasteiger partial charge in [-0.1, -0.05) is 18.6 Å². The third kappa shape index (κ3) is 2.70. The van der Waals surface area contributed by atoms with Crippen LogP contribution in [0.3, 0.4) is 0 Å².